The highest BCUT2D eigenvalue weighted by molar-refractivity contribution is 5.72. The molecule has 5 nitrogen and oxygen atoms in total. The topological polar surface area (TPSA) is 74.8 Å². The molecule has 0 aliphatic heterocycles. The number of nitrogens with zero attached hydrogens (tertiary/aromatic N) is 1. The van der Waals surface area contributed by atoms with Gasteiger partial charge < -0.3 is 10.3 Å². The number of hydrogen-bond donors (Lipinski definition) is 2. The van der Waals surface area contributed by atoms with Gasteiger partial charge in [0.1, 0.15) is 5.82 Å². The summed E-state index contributed by atoms with van der Waals surface area (Å²) in [6.45, 7) is 1.74. The molecule has 1 aromatic heterocycles. The highest BCUT2D eigenvalue weighted by Gasteiger charge is 2.08. The number of aromatic amines is 1. The molecule has 19 heavy (non-hydrogen) atoms. The van der Waals surface area contributed by atoms with Gasteiger partial charge in [0.2, 0.25) is 5.91 Å². The summed E-state index contributed by atoms with van der Waals surface area (Å²) in [5.74, 6) is 0.555. The minimum atomic E-state index is -0.165. The Morgan fingerprint density at radius 1 is 1.47 bits per heavy atom. The Labute approximate surface area is 112 Å². The van der Waals surface area contributed by atoms with E-state index in [2.05, 4.69) is 21.4 Å². The standard InChI is InChI=1S/C14H19N3O2/c1-10(18)15-9-12-8-14(19)17-13(16-12)7-11-5-3-2-4-6-11/h5,8H,2-4,6-7,9H2,1H3,(H,15,18)(H,16,17,19). The summed E-state index contributed by atoms with van der Waals surface area (Å²) in [5, 5.41) is 2.65. The Kier molecular flexibility index (Phi) is 4.49. The van der Waals surface area contributed by atoms with Gasteiger partial charge in [-0.3, -0.25) is 9.59 Å². The molecular weight excluding hydrogens is 242 g/mol. The fourth-order valence-electron chi connectivity index (χ4n) is 2.23. The van der Waals surface area contributed by atoms with Crippen LogP contribution in [0.1, 0.15) is 44.1 Å². The van der Waals surface area contributed by atoms with E-state index >= 15 is 0 Å². The number of rotatable bonds is 4. The molecule has 0 saturated heterocycles. The molecule has 2 N–H and O–H groups in total. The predicted octanol–water partition coefficient (Wildman–Crippen LogP) is 1.45. The van der Waals surface area contributed by atoms with E-state index in [1.54, 1.807) is 0 Å². The summed E-state index contributed by atoms with van der Waals surface area (Å²) in [5.41, 5.74) is 1.78. The smallest absolute Gasteiger partial charge is 0.251 e. The first-order valence-electron chi connectivity index (χ1n) is 6.65. The molecule has 1 heterocycles. The number of carbonyl (C=O) groups excluding carboxylic acids is 1. The van der Waals surface area contributed by atoms with Gasteiger partial charge in [-0.25, -0.2) is 4.98 Å². The average Bonchev–Trinajstić information content (AvgIpc) is 2.37. The minimum absolute atomic E-state index is 0.126. The lowest BCUT2D eigenvalue weighted by atomic mass is 9.97. The maximum absolute atomic E-state index is 11.6. The molecule has 1 aromatic rings. The molecule has 0 bridgehead atoms. The van der Waals surface area contributed by atoms with Crippen molar-refractivity contribution in [3.63, 3.8) is 0 Å². The number of nitrogens with one attached hydrogen (secondary N) is 2. The molecule has 0 spiro atoms. The molecule has 0 aromatic carbocycles. The Morgan fingerprint density at radius 2 is 2.32 bits per heavy atom. The van der Waals surface area contributed by atoms with Crippen LogP contribution in [0, 0.1) is 0 Å². The third kappa shape index (κ3) is 4.35. The van der Waals surface area contributed by atoms with Crippen molar-refractivity contribution in [2.75, 3.05) is 0 Å². The van der Waals surface area contributed by atoms with E-state index in [0.29, 0.717) is 24.5 Å². The maximum atomic E-state index is 11.6. The summed E-state index contributed by atoms with van der Waals surface area (Å²) >= 11 is 0. The van der Waals surface area contributed by atoms with Crippen LogP contribution >= 0.6 is 0 Å². The largest absolute Gasteiger partial charge is 0.351 e. The van der Waals surface area contributed by atoms with E-state index in [1.165, 1.54) is 31.4 Å². The van der Waals surface area contributed by atoms with Gasteiger partial charge in [-0.2, -0.15) is 0 Å². The molecule has 0 saturated carbocycles. The summed E-state index contributed by atoms with van der Waals surface area (Å²) < 4.78 is 0. The fourth-order valence-corrected chi connectivity index (χ4v) is 2.23. The quantitative estimate of drug-likeness (QED) is 0.805. The van der Waals surface area contributed by atoms with Crippen molar-refractivity contribution in [3.05, 3.63) is 39.6 Å². The number of carbonyl (C=O) groups is 1. The highest BCUT2D eigenvalue weighted by atomic mass is 16.1. The second-order valence-corrected chi connectivity index (χ2v) is 4.88. The van der Waals surface area contributed by atoms with Gasteiger partial charge in [0.15, 0.2) is 0 Å². The first kappa shape index (κ1) is 13.5. The summed E-state index contributed by atoms with van der Waals surface area (Å²) in [4.78, 5) is 29.6. The van der Waals surface area contributed by atoms with Crippen molar-refractivity contribution >= 4 is 5.91 Å². The van der Waals surface area contributed by atoms with Crippen LogP contribution < -0.4 is 10.9 Å². The first-order chi connectivity index (χ1) is 9.13. The van der Waals surface area contributed by atoms with Gasteiger partial charge >= 0.3 is 0 Å². The van der Waals surface area contributed by atoms with Gasteiger partial charge in [0.25, 0.3) is 5.56 Å². The molecule has 2 rings (SSSR count). The van der Waals surface area contributed by atoms with Crippen molar-refractivity contribution in [1.82, 2.24) is 15.3 Å². The fraction of sp³-hybridized carbons (Fsp3) is 0.500. The van der Waals surface area contributed by atoms with Crippen LogP contribution in [0.5, 0.6) is 0 Å². The number of aromatic nitrogens is 2. The number of amides is 1. The summed E-state index contributed by atoms with van der Waals surface area (Å²) in [6, 6.07) is 1.43. The summed E-state index contributed by atoms with van der Waals surface area (Å²) in [7, 11) is 0. The van der Waals surface area contributed by atoms with Crippen molar-refractivity contribution in [1.29, 1.82) is 0 Å². The van der Waals surface area contributed by atoms with E-state index in [-0.39, 0.29) is 11.5 Å². The normalized spacial score (nSPS) is 14.9. The Balaban J connectivity index is 2.09. The van der Waals surface area contributed by atoms with Gasteiger partial charge in [0.05, 0.1) is 12.2 Å². The molecule has 1 aliphatic carbocycles. The zero-order valence-corrected chi connectivity index (χ0v) is 11.2. The minimum Gasteiger partial charge on any atom is -0.351 e. The molecule has 0 fully saturated rings. The lowest BCUT2D eigenvalue weighted by Gasteiger charge is -2.12. The lowest BCUT2D eigenvalue weighted by Crippen LogP contribution is -2.22. The van der Waals surface area contributed by atoms with Gasteiger partial charge in [-0.1, -0.05) is 11.6 Å². The molecule has 5 heteroatoms. The predicted molar refractivity (Wildman–Crippen MR) is 72.6 cm³/mol. The van der Waals surface area contributed by atoms with Gasteiger partial charge in [-0.05, 0) is 25.7 Å². The van der Waals surface area contributed by atoms with Crippen LogP contribution in [0.15, 0.2) is 22.5 Å². The molecule has 102 valence electrons. The molecular formula is C14H19N3O2. The lowest BCUT2D eigenvalue weighted by molar-refractivity contribution is -0.119. The van der Waals surface area contributed by atoms with Crippen LogP contribution in [-0.2, 0) is 17.8 Å². The van der Waals surface area contributed by atoms with E-state index in [4.69, 9.17) is 0 Å². The van der Waals surface area contributed by atoms with Crippen LogP contribution in [0.3, 0.4) is 0 Å². The average molecular weight is 261 g/mol. The Hall–Kier alpha value is -1.91. The number of hydrogen-bond acceptors (Lipinski definition) is 3. The van der Waals surface area contributed by atoms with Crippen molar-refractivity contribution in [2.45, 2.75) is 45.6 Å². The van der Waals surface area contributed by atoms with Gasteiger partial charge in [-0.15, -0.1) is 0 Å². The SMILES string of the molecule is CC(=O)NCc1cc(=O)[nH]c(CC2=CCCCC2)n1. The van der Waals surface area contributed by atoms with Crippen molar-refractivity contribution in [2.24, 2.45) is 0 Å². The van der Waals surface area contributed by atoms with Crippen LogP contribution in [0.4, 0.5) is 0 Å². The van der Waals surface area contributed by atoms with Crippen molar-refractivity contribution in [3.8, 4) is 0 Å². The monoisotopic (exact) mass is 261 g/mol. The highest BCUT2D eigenvalue weighted by Crippen LogP contribution is 2.19. The van der Waals surface area contributed by atoms with Crippen LogP contribution in [0.25, 0.3) is 0 Å². The Morgan fingerprint density at radius 3 is 3.00 bits per heavy atom. The van der Waals surface area contributed by atoms with E-state index in [9.17, 15) is 9.59 Å². The zero-order valence-electron chi connectivity index (χ0n) is 11.2. The van der Waals surface area contributed by atoms with Crippen LogP contribution in [0.2, 0.25) is 0 Å². The first-order valence-corrected chi connectivity index (χ1v) is 6.65. The molecule has 1 amide bonds. The number of allylic oxidation sites excluding steroid dienone is 2. The third-order valence-corrected chi connectivity index (χ3v) is 3.14. The van der Waals surface area contributed by atoms with Crippen LogP contribution in [-0.4, -0.2) is 15.9 Å². The molecule has 1 aliphatic rings. The third-order valence-electron chi connectivity index (χ3n) is 3.14. The van der Waals surface area contributed by atoms with Crippen molar-refractivity contribution < 1.29 is 4.79 Å². The zero-order chi connectivity index (χ0) is 13.7. The second kappa shape index (κ2) is 6.31. The Bertz CT molecular complexity index is 546. The van der Waals surface area contributed by atoms with Gasteiger partial charge in [0, 0.05) is 19.4 Å². The summed E-state index contributed by atoms with van der Waals surface area (Å²) in [6.07, 6.45) is 7.59. The molecule has 0 unspecified atom stereocenters. The van der Waals surface area contributed by atoms with E-state index in [0.717, 1.165) is 12.8 Å². The second-order valence-electron chi connectivity index (χ2n) is 4.88. The van der Waals surface area contributed by atoms with E-state index in [1.807, 2.05) is 0 Å². The number of H-pyrrole nitrogens is 1. The molecule has 0 radical (unpaired) electrons. The van der Waals surface area contributed by atoms with E-state index < -0.39 is 0 Å². The maximum Gasteiger partial charge on any atom is 0.251 e. The molecule has 0 atom stereocenters.